The minimum Gasteiger partial charge on any atom is -0.0955 e. The average Bonchev–Trinajstić information content (AvgIpc) is 2.29. The zero-order chi connectivity index (χ0) is 11.5. The van der Waals surface area contributed by atoms with Crippen LogP contribution in [0.2, 0.25) is 0 Å². The molecule has 0 unspecified atom stereocenters. The van der Waals surface area contributed by atoms with Crippen LogP contribution in [0.5, 0.6) is 0 Å². The number of hydrogen-bond acceptors (Lipinski definition) is 0. The van der Waals surface area contributed by atoms with Gasteiger partial charge in [-0.15, -0.1) is 0 Å². The molecule has 2 aromatic rings. The van der Waals surface area contributed by atoms with Gasteiger partial charge in [0.1, 0.15) is 0 Å². The van der Waals surface area contributed by atoms with Crippen LogP contribution in [0.25, 0.3) is 22.4 Å². The minimum absolute atomic E-state index is 1.11. The molecule has 0 bridgehead atoms. The Morgan fingerprint density at radius 3 is 2.56 bits per heavy atom. The van der Waals surface area contributed by atoms with Crippen LogP contribution in [-0.4, -0.2) is 0 Å². The Morgan fingerprint density at radius 2 is 1.88 bits per heavy atom. The molecule has 0 heteroatoms. The molecule has 0 heterocycles. The minimum atomic E-state index is 1.11. The van der Waals surface area contributed by atoms with Crippen LogP contribution in [0.15, 0.2) is 49.1 Å². The van der Waals surface area contributed by atoms with Gasteiger partial charge in [0.15, 0.2) is 0 Å². The summed E-state index contributed by atoms with van der Waals surface area (Å²) in [7, 11) is 0. The molecule has 0 aromatic heterocycles. The van der Waals surface area contributed by atoms with E-state index in [9.17, 15) is 0 Å². The van der Waals surface area contributed by atoms with Gasteiger partial charge in [0.05, 0.1) is 0 Å². The molecule has 2 aromatic carbocycles. The molecule has 0 amide bonds. The zero-order valence-electron chi connectivity index (χ0n) is 9.83. The first-order valence-corrected chi connectivity index (χ1v) is 5.54. The van der Waals surface area contributed by atoms with E-state index in [0.29, 0.717) is 0 Å². The van der Waals surface area contributed by atoms with Crippen molar-refractivity contribution in [1.29, 1.82) is 0 Å². The lowest BCUT2D eigenvalue weighted by Crippen LogP contribution is -1.87. The van der Waals surface area contributed by atoms with Crippen molar-refractivity contribution >= 4 is 22.4 Å². The standard InChI is InChI=1S/C16H16/c1-4-7-16-14(12(2)3)11-10-13-8-5-6-9-15(13)16/h4-11H,2H2,1,3H3/b7-4-. The third-order valence-electron chi connectivity index (χ3n) is 2.76. The van der Waals surface area contributed by atoms with E-state index in [4.69, 9.17) is 0 Å². The van der Waals surface area contributed by atoms with Crippen LogP contribution in [0, 0.1) is 0 Å². The van der Waals surface area contributed by atoms with Gasteiger partial charge in [-0.05, 0) is 35.7 Å². The van der Waals surface area contributed by atoms with E-state index >= 15 is 0 Å². The monoisotopic (exact) mass is 208 g/mol. The summed E-state index contributed by atoms with van der Waals surface area (Å²) >= 11 is 0. The van der Waals surface area contributed by atoms with Crippen molar-refractivity contribution < 1.29 is 0 Å². The third-order valence-corrected chi connectivity index (χ3v) is 2.76. The van der Waals surface area contributed by atoms with Crippen molar-refractivity contribution in [3.05, 3.63) is 60.2 Å². The maximum absolute atomic E-state index is 4.04. The van der Waals surface area contributed by atoms with Crippen LogP contribution < -0.4 is 0 Å². The highest BCUT2D eigenvalue weighted by molar-refractivity contribution is 5.95. The van der Waals surface area contributed by atoms with Crippen molar-refractivity contribution in [3.63, 3.8) is 0 Å². The average molecular weight is 208 g/mol. The molecule has 16 heavy (non-hydrogen) atoms. The van der Waals surface area contributed by atoms with Crippen molar-refractivity contribution in [1.82, 2.24) is 0 Å². The lowest BCUT2D eigenvalue weighted by atomic mass is 9.95. The van der Waals surface area contributed by atoms with Gasteiger partial charge in [0.25, 0.3) is 0 Å². The van der Waals surface area contributed by atoms with Crippen molar-refractivity contribution in [2.45, 2.75) is 13.8 Å². The second-order valence-corrected chi connectivity index (χ2v) is 4.03. The summed E-state index contributed by atoms with van der Waals surface area (Å²) < 4.78 is 0. The molecular formula is C16H16. The van der Waals surface area contributed by atoms with E-state index in [1.165, 1.54) is 21.9 Å². The summed E-state index contributed by atoms with van der Waals surface area (Å²) in [6.45, 7) is 8.14. The molecule has 0 nitrogen and oxygen atoms in total. The van der Waals surface area contributed by atoms with Gasteiger partial charge < -0.3 is 0 Å². The van der Waals surface area contributed by atoms with Crippen LogP contribution in [-0.2, 0) is 0 Å². The summed E-state index contributed by atoms with van der Waals surface area (Å²) in [5, 5.41) is 2.57. The normalized spacial score (nSPS) is 11.1. The van der Waals surface area contributed by atoms with Gasteiger partial charge in [-0.3, -0.25) is 0 Å². The lowest BCUT2D eigenvalue weighted by Gasteiger charge is -2.09. The predicted molar refractivity (Wildman–Crippen MR) is 73.4 cm³/mol. The molecule has 0 atom stereocenters. The lowest BCUT2D eigenvalue weighted by molar-refractivity contribution is 1.58. The first-order chi connectivity index (χ1) is 7.74. The van der Waals surface area contributed by atoms with E-state index in [1.807, 2.05) is 6.92 Å². The van der Waals surface area contributed by atoms with Gasteiger partial charge in [-0.25, -0.2) is 0 Å². The maximum Gasteiger partial charge on any atom is -0.0105 e. The van der Waals surface area contributed by atoms with Crippen molar-refractivity contribution in [3.8, 4) is 0 Å². The Balaban J connectivity index is 2.84. The molecule has 80 valence electrons. The Kier molecular flexibility index (Phi) is 2.91. The fraction of sp³-hybridized carbons (Fsp3) is 0.125. The highest BCUT2D eigenvalue weighted by Gasteiger charge is 2.04. The van der Waals surface area contributed by atoms with E-state index in [1.54, 1.807) is 0 Å². The molecule has 0 fully saturated rings. The number of hydrogen-bond donors (Lipinski definition) is 0. The smallest absolute Gasteiger partial charge is 0.0105 e. The summed E-state index contributed by atoms with van der Waals surface area (Å²) in [6.07, 6.45) is 4.24. The second kappa shape index (κ2) is 4.36. The van der Waals surface area contributed by atoms with E-state index < -0.39 is 0 Å². The third kappa shape index (κ3) is 1.79. The first-order valence-electron chi connectivity index (χ1n) is 5.54. The molecule has 0 spiro atoms. The molecule has 0 N–H and O–H groups in total. The van der Waals surface area contributed by atoms with Gasteiger partial charge in [-0.2, -0.15) is 0 Å². The van der Waals surface area contributed by atoms with E-state index in [-0.39, 0.29) is 0 Å². The second-order valence-electron chi connectivity index (χ2n) is 4.03. The van der Waals surface area contributed by atoms with Gasteiger partial charge in [0.2, 0.25) is 0 Å². The van der Waals surface area contributed by atoms with Crippen molar-refractivity contribution in [2.24, 2.45) is 0 Å². The van der Waals surface area contributed by atoms with Crippen LogP contribution in [0.3, 0.4) is 0 Å². The van der Waals surface area contributed by atoms with E-state index in [0.717, 1.165) is 5.57 Å². The Bertz CT molecular complexity index is 559. The molecule has 0 aliphatic heterocycles. The topological polar surface area (TPSA) is 0 Å². The predicted octanol–water partition coefficient (Wildman–Crippen LogP) is 4.91. The Morgan fingerprint density at radius 1 is 1.12 bits per heavy atom. The molecule has 0 saturated carbocycles. The van der Waals surface area contributed by atoms with Crippen LogP contribution >= 0.6 is 0 Å². The fourth-order valence-corrected chi connectivity index (χ4v) is 2.01. The molecule has 0 radical (unpaired) electrons. The first kappa shape index (κ1) is 10.7. The summed E-state index contributed by atoms with van der Waals surface area (Å²) in [4.78, 5) is 0. The van der Waals surface area contributed by atoms with Gasteiger partial charge >= 0.3 is 0 Å². The maximum atomic E-state index is 4.04. The number of fused-ring (bicyclic) bond motifs is 1. The zero-order valence-corrected chi connectivity index (χ0v) is 9.83. The summed E-state index contributed by atoms with van der Waals surface area (Å²) in [5.74, 6) is 0. The SMILES string of the molecule is C=C(C)c1ccc2ccccc2c1/C=C\C. The Hall–Kier alpha value is -1.82. The quantitative estimate of drug-likeness (QED) is 0.658. The fourth-order valence-electron chi connectivity index (χ4n) is 2.01. The molecule has 0 saturated heterocycles. The largest absolute Gasteiger partial charge is 0.0955 e. The molecule has 0 aliphatic carbocycles. The summed E-state index contributed by atoms with van der Waals surface area (Å²) in [5.41, 5.74) is 3.61. The van der Waals surface area contributed by atoms with Crippen LogP contribution in [0.4, 0.5) is 0 Å². The highest BCUT2D eigenvalue weighted by Crippen LogP contribution is 2.27. The number of rotatable bonds is 2. The molecular weight excluding hydrogens is 192 g/mol. The number of allylic oxidation sites excluding steroid dienone is 2. The molecule has 0 aliphatic rings. The Labute approximate surface area is 96.9 Å². The van der Waals surface area contributed by atoms with Crippen LogP contribution in [0.1, 0.15) is 25.0 Å². The van der Waals surface area contributed by atoms with Gasteiger partial charge in [0, 0.05) is 0 Å². The molecule has 2 rings (SSSR count). The van der Waals surface area contributed by atoms with Crippen molar-refractivity contribution in [2.75, 3.05) is 0 Å². The highest BCUT2D eigenvalue weighted by atomic mass is 14.1. The van der Waals surface area contributed by atoms with E-state index in [2.05, 4.69) is 62.1 Å². The number of benzene rings is 2. The summed E-state index contributed by atoms with van der Waals surface area (Å²) in [6, 6.07) is 12.8. The van der Waals surface area contributed by atoms with Gasteiger partial charge in [-0.1, -0.05) is 60.7 Å².